The zero-order valence-electron chi connectivity index (χ0n) is 14.0. The maximum Gasteiger partial charge on any atom is 0.0820 e. The standard InChI is InChI=1S/C22H24N/c1-23(2)15-13-19(14-16-23)22-20-9-5-3-7-17(20)11-12-18-8-4-6-10-21(18)22/h3-12H,13-16H2,1-2H3/q+1. The van der Waals surface area contributed by atoms with Crippen LogP contribution in [0.5, 0.6) is 0 Å². The SMILES string of the molecule is C[N+]1(C)CCC(=C2c3ccccc3C=Cc3ccccc32)CC1. The monoisotopic (exact) mass is 302 g/mol. The molecular formula is C22H24N+. The highest BCUT2D eigenvalue weighted by Crippen LogP contribution is 2.39. The number of hydrogen-bond donors (Lipinski definition) is 0. The van der Waals surface area contributed by atoms with Crippen LogP contribution in [0.4, 0.5) is 0 Å². The van der Waals surface area contributed by atoms with E-state index in [1.165, 1.54) is 53.8 Å². The molecule has 4 rings (SSSR count). The molecule has 1 saturated heterocycles. The van der Waals surface area contributed by atoms with Crippen LogP contribution in [0.2, 0.25) is 0 Å². The summed E-state index contributed by atoms with van der Waals surface area (Å²) in [6, 6.07) is 17.7. The molecule has 2 aromatic carbocycles. The molecule has 116 valence electrons. The van der Waals surface area contributed by atoms with E-state index >= 15 is 0 Å². The molecule has 0 radical (unpaired) electrons. The first-order chi connectivity index (χ1) is 11.1. The molecule has 2 aliphatic rings. The van der Waals surface area contributed by atoms with Gasteiger partial charge < -0.3 is 4.48 Å². The van der Waals surface area contributed by atoms with Gasteiger partial charge in [-0.15, -0.1) is 0 Å². The van der Waals surface area contributed by atoms with E-state index < -0.39 is 0 Å². The summed E-state index contributed by atoms with van der Waals surface area (Å²) < 4.78 is 1.14. The number of rotatable bonds is 0. The first-order valence-electron chi connectivity index (χ1n) is 8.55. The molecular weight excluding hydrogens is 278 g/mol. The number of nitrogens with zero attached hydrogens (tertiary/aromatic N) is 1. The quantitative estimate of drug-likeness (QED) is 0.521. The second-order valence-electron chi connectivity index (χ2n) is 7.37. The lowest BCUT2D eigenvalue weighted by Gasteiger charge is -2.35. The van der Waals surface area contributed by atoms with Crippen molar-refractivity contribution in [3.8, 4) is 0 Å². The Bertz CT molecular complexity index is 745. The van der Waals surface area contributed by atoms with Crippen molar-refractivity contribution in [2.24, 2.45) is 0 Å². The van der Waals surface area contributed by atoms with Crippen LogP contribution >= 0.6 is 0 Å². The minimum absolute atomic E-state index is 1.14. The Labute approximate surface area is 139 Å². The maximum atomic E-state index is 2.35. The van der Waals surface area contributed by atoms with Crippen molar-refractivity contribution < 1.29 is 4.48 Å². The van der Waals surface area contributed by atoms with Gasteiger partial charge in [-0.3, -0.25) is 0 Å². The lowest BCUT2D eigenvalue weighted by Crippen LogP contribution is -2.44. The van der Waals surface area contributed by atoms with E-state index in [2.05, 4.69) is 74.8 Å². The Morgan fingerprint density at radius 1 is 0.696 bits per heavy atom. The molecule has 0 amide bonds. The lowest BCUT2D eigenvalue weighted by atomic mass is 9.86. The van der Waals surface area contributed by atoms with E-state index in [1.807, 2.05) is 0 Å². The van der Waals surface area contributed by atoms with Crippen LogP contribution in [0.3, 0.4) is 0 Å². The fourth-order valence-electron chi connectivity index (χ4n) is 3.81. The first kappa shape index (κ1) is 14.5. The van der Waals surface area contributed by atoms with Gasteiger partial charge in [-0.25, -0.2) is 0 Å². The third-order valence-corrected chi connectivity index (χ3v) is 5.29. The third kappa shape index (κ3) is 2.66. The van der Waals surface area contributed by atoms with E-state index in [4.69, 9.17) is 0 Å². The molecule has 23 heavy (non-hydrogen) atoms. The number of piperidine rings is 1. The topological polar surface area (TPSA) is 0 Å². The van der Waals surface area contributed by atoms with Gasteiger partial charge in [-0.1, -0.05) is 66.3 Å². The van der Waals surface area contributed by atoms with Crippen LogP contribution in [0, 0.1) is 0 Å². The Morgan fingerprint density at radius 3 is 1.70 bits per heavy atom. The van der Waals surface area contributed by atoms with Gasteiger partial charge in [0, 0.05) is 12.8 Å². The molecule has 0 bridgehead atoms. The molecule has 2 aromatic rings. The van der Waals surface area contributed by atoms with Crippen LogP contribution < -0.4 is 0 Å². The van der Waals surface area contributed by atoms with E-state index in [9.17, 15) is 0 Å². The molecule has 0 unspecified atom stereocenters. The van der Waals surface area contributed by atoms with Crippen molar-refractivity contribution in [2.75, 3.05) is 27.2 Å². The fourth-order valence-corrected chi connectivity index (χ4v) is 3.81. The molecule has 1 heterocycles. The summed E-state index contributed by atoms with van der Waals surface area (Å²) in [5.41, 5.74) is 8.59. The molecule has 0 atom stereocenters. The minimum Gasteiger partial charge on any atom is -0.328 e. The second-order valence-corrected chi connectivity index (χ2v) is 7.37. The highest BCUT2D eigenvalue weighted by molar-refractivity contribution is 5.94. The van der Waals surface area contributed by atoms with Gasteiger partial charge in [-0.2, -0.15) is 0 Å². The number of hydrogen-bond acceptors (Lipinski definition) is 0. The number of likely N-dealkylation sites (tertiary alicyclic amines) is 1. The van der Waals surface area contributed by atoms with Gasteiger partial charge in [0.05, 0.1) is 27.2 Å². The summed E-state index contributed by atoms with van der Waals surface area (Å²) in [5, 5.41) is 0. The highest BCUT2D eigenvalue weighted by atomic mass is 15.3. The van der Waals surface area contributed by atoms with E-state index in [1.54, 1.807) is 5.57 Å². The van der Waals surface area contributed by atoms with E-state index in [0.29, 0.717) is 0 Å². The zero-order valence-corrected chi connectivity index (χ0v) is 14.0. The van der Waals surface area contributed by atoms with Crippen molar-refractivity contribution in [2.45, 2.75) is 12.8 Å². The summed E-state index contributed by atoms with van der Waals surface area (Å²) in [7, 11) is 4.69. The normalized spacial score (nSPS) is 19.0. The summed E-state index contributed by atoms with van der Waals surface area (Å²) >= 11 is 0. The maximum absolute atomic E-state index is 2.35. The molecule has 1 aliphatic carbocycles. The van der Waals surface area contributed by atoms with Crippen molar-refractivity contribution in [3.63, 3.8) is 0 Å². The molecule has 1 heteroatoms. The Hall–Kier alpha value is -2.12. The van der Waals surface area contributed by atoms with Crippen molar-refractivity contribution >= 4 is 17.7 Å². The fraction of sp³-hybridized carbons (Fsp3) is 0.273. The van der Waals surface area contributed by atoms with Gasteiger partial charge in [0.2, 0.25) is 0 Å². The lowest BCUT2D eigenvalue weighted by molar-refractivity contribution is -0.892. The smallest absolute Gasteiger partial charge is 0.0820 e. The molecule has 0 spiro atoms. The molecule has 1 nitrogen and oxygen atoms in total. The average molecular weight is 302 g/mol. The van der Waals surface area contributed by atoms with Crippen LogP contribution in [0.15, 0.2) is 54.1 Å². The van der Waals surface area contributed by atoms with E-state index in [-0.39, 0.29) is 0 Å². The van der Waals surface area contributed by atoms with Crippen molar-refractivity contribution in [3.05, 3.63) is 76.4 Å². The highest BCUT2D eigenvalue weighted by Gasteiger charge is 2.26. The summed E-state index contributed by atoms with van der Waals surface area (Å²) in [6.07, 6.45) is 6.94. The van der Waals surface area contributed by atoms with Crippen molar-refractivity contribution in [1.29, 1.82) is 0 Å². The second kappa shape index (κ2) is 5.50. The van der Waals surface area contributed by atoms with Gasteiger partial charge in [0.25, 0.3) is 0 Å². The Balaban J connectivity index is 1.93. The molecule has 0 aromatic heterocycles. The average Bonchev–Trinajstić information content (AvgIpc) is 2.72. The van der Waals surface area contributed by atoms with Gasteiger partial charge in [0.1, 0.15) is 0 Å². The molecule has 0 saturated carbocycles. The number of fused-ring (bicyclic) bond motifs is 2. The molecule has 1 fully saturated rings. The number of quaternary nitrogens is 1. The van der Waals surface area contributed by atoms with Gasteiger partial charge in [-0.05, 0) is 27.8 Å². The zero-order chi connectivity index (χ0) is 15.9. The minimum atomic E-state index is 1.14. The van der Waals surface area contributed by atoms with Gasteiger partial charge in [0.15, 0.2) is 0 Å². The van der Waals surface area contributed by atoms with Crippen LogP contribution in [-0.2, 0) is 0 Å². The summed E-state index contributed by atoms with van der Waals surface area (Å²) in [4.78, 5) is 0. The van der Waals surface area contributed by atoms with E-state index in [0.717, 1.165) is 4.48 Å². The van der Waals surface area contributed by atoms with Crippen LogP contribution in [0.25, 0.3) is 17.7 Å². The number of benzene rings is 2. The third-order valence-electron chi connectivity index (χ3n) is 5.29. The Kier molecular flexibility index (Phi) is 3.46. The largest absolute Gasteiger partial charge is 0.328 e. The van der Waals surface area contributed by atoms with Crippen LogP contribution in [-0.4, -0.2) is 31.7 Å². The predicted octanol–water partition coefficient (Wildman–Crippen LogP) is 4.84. The summed E-state index contributed by atoms with van der Waals surface area (Å²) in [5.74, 6) is 0. The van der Waals surface area contributed by atoms with Crippen molar-refractivity contribution in [1.82, 2.24) is 0 Å². The van der Waals surface area contributed by atoms with Gasteiger partial charge >= 0.3 is 0 Å². The molecule has 1 aliphatic heterocycles. The Morgan fingerprint density at radius 2 is 1.17 bits per heavy atom. The molecule has 0 N–H and O–H groups in total. The first-order valence-corrected chi connectivity index (χ1v) is 8.55. The summed E-state index contributed by atoms with van der Waals surface area (Å²) in [6.45, 7) is 2.47. The van der Waals surface area contributed by atoms with Crippen LogP contribution in [0.1, 0.15) is 35.1 Å². The predicted molar refractivity (Wildman–Crippen MR) is 98.9 cm³/mol.